The first-order chi connectivity index (χ1) is 11.2. The third-order valence-electron chi connectivity index (χ3n) is 3.77. The quantitative estimate of drug-likeness (QED) is 0.731. The summed E-state index contributed by atoms with van der Waals surface area (Å²) < 4.78 is 0. The molecule has 0 unspecified atom stereocenters. The summed E-state index contributed by atoms with van der Waals surface area (Å²) in [6, 6.07) is 15.9. The first-order valence-electron chi connectivity index (χ1n) is 7.58. The number of rotatable bonds is 5. The number of nitrogens with one attached hydrogen (secondary N) is 1. The summed E-state index contributed by atoms with van der Waals surface area (Å²) in [5, 5.41) is 8.02. The van der Waals surface area contributed by atoms with Crippen LogP contribution in [0.5, 0.6) is 0 Å². The Labute approximate surface area is 135 Å². The molecule has 116 valence electrons. The number of benzene rings is 2. The van der Waals surface area contributed by atoms with Crippen LogP contribution in [-0.4, -0.2) is 27.5 Å². The third kappa shape index (κ3) is 3.16. The van der Waals surface area contributed by atoms with Gasteiger partial charge in [0.1, 0.15) is 0 Å². The van der Waals surface area contributed by atoms with E-state index in [-0.39, 0.29) is 5.91 Å². The number of H-pyrrole nitrogens is 1. The molecule has 1 N–H and O–H groups in total. The molecule has 0 saturated carbocycles. The van der Waals surface area contributed by atoms with Crippen molar-refractivity contribution >= 4 is 16.8 Å². The SMILES string of the molecule is C=CCN(Cc1ccccc1)C(=O)c1n[nH]c2ccc(C)cc12. The van der Waals surface area contributed by atoms with Crippen molar-refractivity contribution in [3.8, 4) is 0 Å². The molecular weight excluding hydrogens is 286 g/mol. The topological polar surface area (TPSA) is 49.0 Å². The molecule has 3 aromatic rings. The van der Waals surface area contributed by atoms with E-state index in [0.717, 1.165) is 22.0 Å². The summed E-state index contributed by atoms with van der Waals surface area (Å²) in [6.07, 6.45) is 1.74. The van der Waals surface area contributed by atoms with Gasteiger partial charge in [-0.15, -0.1) is 6.58 Å². The predicted octanol–water partition coefficient (Wildman–Crippen LogP) is 3.70. The summed E-state index contributed by atoms with van der Waals surface area (Å²) in [5.41, 5.74) is 3.52. The number of aryl methyl sites for hydroxylation is 1. The van der Waals surface area contributed by atoms with E-state index in [0.29, 0.717) is 18.8 Å². The van der Waals surface area contributed by atoms with Gasteiger partial charge in [0.25, 0.3) is 5.91 Å². The van der Waals surface area contributed by atoms with Crippen LogP contribution in [0, 0.1) is 6.92 Å². The number of nitrogens with zero attached hydrogens (tertiary/aromatic N) is 2. The van der Waals surface area contributed by atoms with Crippen molar-refractivity contribution in [2.45, 2.75) is 13.5 Å². The molecule has 1 amide bonds. The van der Waals surface area contributed by atoms with Crippen molar-refractivity contribution < 1.29 is 4.79 Å². The largest absolute Gasteiger partial charge is 0.329 e. The molecule has 2 aromatic carbocycles. The Bertz CT molecular complexity index is 836. The Kier molecular flexibility index (Phi) is 4.24. The van der Waals surface area contributed by atoms with E-state index >= 15 is 0 Å². The maximum atomic E-state index is 12.9. The van der Waals surface area contributed by atoms with E-state index in [9.17, 15) is 4.79 Å². The molecule has 0 saturated heterocycles. The molecule has 4 heteroatoms. The van der Waals surface area contributed by atoms with Crippen LogP contribution in [0.3, 0.4) is 0 Å². The fraction of sp³-hybridized carbons (Fsp3) is 0.158. The number of aromatic amines is 1. The van der Waals surface area contributed by atoms with Crippen LogP contribution in [-0.2, 0) is 6.54 Å². The Balaban J connectivity index is 1.93. The lowest BCUT2D eigenvalue weighted by atomic mass is 10.1. The zero-order valence-electron chi connectivity index (χ0n) is 13.1. The van der Waals surface area contributed by atoms with Gasteiger partial charge in [0.05, 0.1) is 5.52 Å². The van der Waals surface area contributed by atoms with E-state index in [1.807, 2.05) is 55.5 Å². The molecule has 3 rings (SSSR count). The lowest BCUT2D eigenvalue weighted by molar-refractivity contribution is 0.0758. The maximum Gasteiger partial charge on any atom is 0.275 e. The highest BCUT2D eigenvalue weighted by molar-refractivity contribution is 6.04. The summed E-state index contributed by atoms with van der Waals surface area (Å²) in [5.74, 6) is -0.0920. The highest BCUT2D eigenvalue weighted by Gasteiger charge is 2.20. The summed E-state index contributed by atoms with van der Waals surface area (Å²) in [6.45, 7) is 6.78. The van der Waals surface area contributed by atoms with Crippen LogP contribution >= 0.6 is 0 Å². The normalized spacial score (nSPS) is 10.7. The van der Waals surface area contributed by atoms with Gasteiger partial charge in [0.2, 0.25) is 0 Å². The fourth-order valence-electron chi connectivity index (χ4n) is 2.62. The number of carbonyl (C=O) groups excluding carboxylic acids is 1. The lowest BCUT2D eigenvalue weighted by Crippen LogP contribution is -2.31. The van der Waals surface area contributed by atoms with E-state index in [1.165, 1.54) is 0 Å². The van der Waals surface area contributed by atoms with Gasteiger partial charge in [0, 0.05) is 18.5 Å². The summed E-state index contributed by atoms with van der Waals surface area (Å²) in [7, 11) is 0. The van der Waals surface area contributed by atoms with Gasteiger partial charge in [-0.3, -0.25) is 9.89 Å². The van der Waals surface area contributed by atoms with Crippen molar-refractivity contribution in [3.63, 3.8) is 0 Å². The highest BCUT2D eigenvalue weighted by Crippen LogP contribution is 2.20. The molecular formula is C19H19N3O. The average molecular weight is 305 g/mol. The Hall–Kier alpha value is -2.88. The van der Waals surface area contributed by atoms with E-state index in [2.05, 4.69) is 16.8 Å². The number of amides is 1. The standard InChI is InChI=1S/C19H19N3O/c1-3-11-22(13-15-7-5-4-6-8-15)19(23)18-16-12-14(2)9-10-17(16)20-21-18/h3-10,12H,1,11,13H2,2H3,(H,20,21). The van der Waals surface area contributed by atoms with Crippen molar-refractivity contribution in [2.24, 2.45) is 0 Å². The van der Waals surface area contributed by atoms with E-state index in [4.69, 9.17) is 0 Å². The molecule has 1 heterocycles. The van der Waals surface area contributed by atoms with Gasteiger partial charge in [-0.2, -0.15) is 5.10 Å². The van der Waals surface area contributed by atoms with Crippen LogP contribution in [0.1, 0.15) is 21.6 Å². The zero-order valence-corrected chi connectivity index (χ0v) is 13.1. The fourth-order valence-corrected chi connectivity index (χ4v) is 2.62. The van der Waals surface area contributed by atoms with Gasteiger partial charge in [-0.1, -0.05) is 48.0 Å². The minimum atomic E-state index is -0.0920. The first-order valence-corrected chi connectivity index (χ1v) is 7.58. The maximum absolute atomic E-state index is 12.9. The molecule has 0 aliphatic heterocycles. The smallest absolute Gasteiger partial charge is 0.275 e. The second-order valence-electron chi connectivity index (χ2n) is 5.58. The Morgan fingerprint density at radius 3 is 2.78 bits per heavy atom. The molecule has 0 radical (unpaired) electrons. The van der Waals surface area contributed by atoms with E-state index in [1.54, 1.807) is 11.0 Å². The molecule has 4 nitrogen and oxygen atoms in total. The summed E-state index contributed by atoms with van der Waals surface area (Å²) >= 11 is 0. The Morgan fingerprint density at radius 1 is 1.26 bits per heavy atom. The van der Waals surface area contributed by atoms with Gasteiger partial charge in [-0.25, -0.2) is 0 Å². The van der Waals surface area contributed by atoms with E-state index < -0.39 is 0 Å². The predicted molar refractivity (Wildman–Crippen MR) is 92.2 cm³/mol. The minimum absolute atomic E-state index is 0.0920. The average Bonchev–Trinajstić information content (AvgIpc) is 2.97. The zero-order chi connectivity index (χ0) is 16.2. The summed E-state index contributed by atoms with van der Waals surface area (Å²) in [4.78, 5) is 14.7. The minimum Gasteiger partial charge on any atom is -0.329 e. The molecule has 0 bridgehead atoms. The number of fused-ring (bicyclic) bond motifs is 1. The molecule has 23 heavy (non-hydrogen) atoms. The van der Waals surface area contributed by atoms with Crippen LogP contribution < -0.4 is 0 Å². The molecule has 0 atom stereocenters. The molecule has 0 aliphatic carbocycles. The monoisotopic (exact) mass is 305 g/mol. The number of hydrogen-bond acceptors (Lipinski definition) is 2. The van der Waals surface area contributed by atoms with Crippen molar-refractivity contribution in [1.29, 1.82) is 0 Å². The number of carbonyl (C=O) groups is 1. The van der Waals surface area contributed by atoms with Crippen LogP contribution in [0.15, 0.2) is 61.2 Å². The molecule has 0 aliphatic rings. The van der Waals surface area contributed by atoms with Gasteiger partial charge in [0.15, 0.2) is 5.69 Å². The van der Waals surface area contributed by atoms with Gasteiger partial charge in [-0.05, 0) is 24.6 Å². The molecule has 0 fully saturated rings. The van der Waals surface area contributed by atoms with Gasteiger partial charge < -0.3 is 4.90 Å². The second-order valence-corrected chi connectivity index (χ2v) is 5.58. The van der Waals surface area contributed by atoms with Crippen molar-refractivity contribution in [3.05, 3.63) is 78.0 Å². The first kappa shape index (κ1) is 15.0. The highest BCUT2D eigenvalue weighted by atomic mass is 16.2. The third-order valence-corrected chi connectivity index (χ3v) is 3.77. The molecule has 1 aromatic heterocycles. The van der Waals surface area contributed by atoms with Crippen LogP contribution in [0.2, 0.25) is 0 Å². The van der Waals surface area contributed by atoms with Gasteiger partial charge >= 0.3 is 0 Å². The molecule has 0 spiro atoms. The number of aromatic nitrogens is 2. The van der Waals surface area contributed by atoms with Crippen molar-refractivity contribution in [1.82, 2.24) is 15.1 Å². The lowest BCUT2D eigenvalue weighted by Gasteiger charge is -2.20. The Morgan fingerprint density at radius 2 is 2.04 bits per heavy atom. The van der Waals surface area contributed by atoms with Crippen LogP contribution in [0.25, 0.3) is 10.9 Å². The van der Waals surface area contributed by atoms with Crippen LogP contribution in [0.4, 0.5) is 0 Å². The van der Waals surface area contributed by atoms with Crippen molar-refractivity contribution in [2.75, 3.05) is 6.54 Å². The number of hydrogen-bond donors (Lipinski definition) is 1. The second kappa shape index (κ2) is 6.48.